The molecular weight excluding hydrogens is 467 g/mol. The Morgan fingerprint density at radius 2 is 1.92 bits per heavy atom. The highest BCUT2D eigenvalue weighted by Gasteiger charge is 2.21. The number of pyridine rings is 1. The zero-order valence-corrected chi connectivity index (χ0v) is 19.2. The first-order valence-corrected chi connectivity index (χ1v) is 11.2. The lowest BCUT2D eigenvalue weighted by atomic mass is 10.0. The fourth-order valence-electron chi connectivity index (χ4n) is 3.89. The second kappa shape index (κ2) is 9.53. The molecule has 10 nitrogen and oxygen atoms in total. The van der Waals surface area contributed by atoms with Gasteiger partial charge in [0.1, 0.15) is 23.7 Å². The topological polar surface area (TPSA) is 128 Å². The molecule has 1 aromatic carbocycles. The minimum atomic E-state index is -0.765. The molecule has 0 atom stereocenters. The quantitative estimate of drug-likeness (QED) is 0.425. The van der Waals surface area contributed by atoms with Gasteiger partial charge in [-0.3, -0.25) is 19.4 Å². The van der Waals surface area contributed by atoms with E-state index in [9.17, 15) is 18.8 Å². The van der Waals surface area contributed by atoms with Gasteiger partial charge in [-0.25, -0.2) is 13.9 Å². The van der Waals surface area contributed by atoms with Crippen LogP contribution in [0.1, 0.15) is 43.5 Å². The van der Waals surface area contributed by atoms with Gasteiger partial charge >= 0.3 is 0 Å². The van der Waals surface area contributed by atoms with Crippen LogP contribution in [0.2, 0.25) is 0 Å². The summed E-state index contributed by atoms with van der Waals surface area (Å²) < 4.78 is 20.7. The number of benzene rings is 1. The number of nitrogens with zero attached hydrogens (tertiary/aromatic N) is 4. The Hall–Kier alpha value is -4.67. The summed E-state index contributed by atoms with van der Waals surface area (Å²) in [6.07, 6.45) is 1.20. The maximum atomic E-state index is 14.3. The van der Waals surface area contributed by atoms with E-state index in [1.807, 2.05) is 19.1 Å². The zero-order valence-electron chi connectivity index (χ0n) is 19.2. The molecule has 3 aromatic heterocycles. The summed E-state index contributed by atoms with van der Waals surface area (Å²) in [5.74, 6) is -1.31. The lowest BCUT2D eigenvalue weighted by molar-refractivity contribution is -0.121. The van der Waals surface area contributed by atoms with Crippen LogP contribution >= 0.6 is 0 Å². The van der Waals surface area contributed by atoms with E-state index < -0.39 is 17.6 Å². The third-order valence-corrected chi connectivity index (χ3v) is 5.62. The summed E-state index contributed by atoms with van der Waals surface area (Å²) in [4.78, 5) is 45.8. The maximum absolute atomic E-state index is 14.3. The highest BCUT2D eigenvalue weighted by Crippen LogP contribution is 2.24. The number of Topliss-reactive ketones (excluding diaryl/α,β-unsaturated/α-hetero) is 1. The fraction of sp³-hybridized carbons (Fsp3) is 0.200. The number of aromatic nitrogens is 4. The van der Waals surface area contributed by atoms with Gasteiger partial charge in [0, 0.05) is 30.3 Å². The fourth-order valence-corrected chi connectivity index (χ4v) is 3.89. The molecule has 0 saturated carbocycles. The number of halogens is 1. The summed E-state index contributed by atoms with van der Waals surface area (Å²) in [6, 6.07) is 12.0. The Labute approximate surface area is 204 Å². The minimum Gasteiger partial charge on any atom is -0.486 e. The molecule has 0 saturated heterocycles. The summed E-state index contributed by atoms with van der Waals surface area (Å²) in [5, 5.41) is 9.32. The average Bonchev–Trinajstić information content (AvgIpc) is 3.25. The number of hydrogen-bond acceptors (Lipinski definition) is 7. The Morgan fingerprint density at radius 3 is 2.75 bits per heavy atom. The van der Waals surface area contributed by atoms with Gasteiger partial charge in [-0.2, -0.15) is 5.10 Å². The van der Waals surface area contributed by atoms with E-state index >= 15 is 0 Å². The average molecular weight is 488 g/mol. The van der Waals surface area contributed by atoms with Gasteiger partial charge in [-0.15, -0.1) is 0 Å². The molecule has 0 fully saturated rings. The standard InChI is InChI=1S/C25H21FN6O4/c1-14-3-2-4-17(30-14)11-28-25(35)21-9-20(31-23-19(26)12-29-32(21)23)24(34)27-10-15-5-6-22-16(7-15)8-18(33)13-36-22/h2-7,9,12H,8,10-11,13H2,1H3,(H,27,34)(H,28,35). The van der Waals surface area contributed by atoms with Crippen molar-refractivity contribution in [2.24, 2.45) is 0 Å². The summed E-state index contributed by atoms with van der Waals surface area (Å²) in [5.41, 5.74) is 2.52. The Balaban J connectivity index is 1.34. The van der Waals surface area contributed by atoms with E-state index in [0.717, 1.165) is 27.5 Å². The van der Waals surface area contributed by atoms with Crippen LogP contribution in [0.3, 0.4) is 0 Å². The van der Waals surface area contributed by atoms with Gasteiger partial charge in [0.2, 0.25) is 0 Å². The molecule has 0 radical (unpaired) electrons. The van der Waals surface area contributed by atoms with Crippen LogP contribution in [-0.4, -0.2) is 43.8 Å². The lowest BCUT2D eigenvalue weighted by Crippen LogP contribution is -2.29. The van der Waals surface area contributed by atoms with Crippen molar-refractivity contribution in [2.45, 2.75) is 26.4 Å². The van der Waals surface area contributed by atoms with Crippen molar-refractivity contribution < 1.29 is 23.5 Å². The van der Waals surface area contributed by atoms with Gasteiger partial charge in [0.05, 0.1) is 18.4 Å². The number of carbonyl (C=O) groups is 3. The molecule has 0 aliphatic carbocycles. The van der Waals surface area contributed by atoms with Gasteiger partial charge < -0.3 is 15.4 Å². The van der Waals surface area contributed by atoms with E-state index in [1.165, 1.54) is 6.07 Å². The number of hydrogen-bond donors (Lipinski definition) is 2. The molecular formula is C25H21FN6O4. The molecule has 1 aliphatic heterocycles. The van der Waals surface area contributed by atoms with Crippen molar-refractivity contribution in [2.75, 3.05) is 6.61 Å². The van der Waals surface area contributed by atoms with Crippen LogP contribution in [0, 0.1) is 12.7 Å². The molecule has 0 unspecified atom stereocenters. The van der Waals surface area contributed by atoms with Crippen molar-refractivity contribution in [3.8, 4) is 5.75 Å². The molecule has 2 N–H and O–H groups in total. The number of ether oxygens (including phenoxy) is 1. The molecule has 0 spiro atoms. The normalized spacial score (nSPS) is 12.7. The van der Waals surface area contributed by atoms with Gasteiger partial charge in [-0.05, 0) is 36.8 Å². The van der Waals surface area contributed by atoms with Gasteiger partial charge in [0.25, 0.3) is 11.8 Å². The van der Waals surface area contributed by atoms with Crippen LogP contribution in [0.4, 0.5) is 4.39 Å². The van der Waals surface area contributed by atoms with E-state index in [1.54, 1.807) is 24.3 Å². The van der Waals surface area contributed by atoms with Crippen molar-refractivity contribution >= 4 is 23.2 Å². The Bertz CT molecular complexity index is 1520. The minimum absolute atomic E-state index is 0.0204. The first-order chi connectivity index (χ1) is 17.4. The second-order valence-electron chi connectivity index (χ2n) is 8.34. The number of fused-ring (bicyclic) bond motifs is 2. The zero-order chi connectivity index (χ0) is 25.2. The molecule has 0 bridgehead atoms. The Kier molecular flexibility index (Phi) is 6.11. The predicted molar refractivity (Wildman–Crippen MR) is 125 cm³/mol. The number of amides is 2. The van der Waals surface area contributed by atoms with Crippen molar-refractivity contribution in [1.82, 2.24) is 30.2 Å². The van der Waals surface area contributed by atoms with Crippen molar-refractivity contribution in [3.05, 3.63) is 88.4 Å². The largest absolute Gasteiger partial charge is 0.486 e. The number of rotatable bonds is 6. The SMILES string of the molecule is Cc1cccc(CNC(=O)c2cc(C(=O)NCc3ccc4c(c3)CC(=O)CO4)nc3c(F)cnn23)n1. The molecule has 36 heavy (non-hydrogen) atoms. The Morgan fingerprint density at radius 1 is 1.08 bits per heavy atom. The van der Waals surface area contributed by atoms with E-state index in [2.05, 4.69) is 25.7 Å². The van der Waals surface area contributed by atoms with Crippen LogP contribution in [0.5, 0.6) is 5.75 Å². The molecule has 1 aliphatic rings. The van der Waals surface area contributed by atoms with Crippen LogP contribution in [0.25, 0.3) is 5.65 Å². The third-order valence-electron chi connectivity index (χ3n) is 5.62. The number of carbonyl (C=O) groups excluding carboxylic acids is 3. The third kappa shape index (κ3) is 4.76. The first kappa shape index (κ1) is 23.1. The summed E-state index contributed by atoms with van der Waals surface area (Å²) >= 11 is 0. The molecule has 5 rings (SSSR count). The number of aryl methyl sites for hydroxylation is 1. The molecule has 182 valence electrons. The van der Waals surface area contributed by atoms with Crippen molar-refractivity contribution in [3.63, 3.8) is 0 Å². The summed E-state index contributed by atoms with van der Waals surface area (Å²) in [6.45, 7) is 2.17. The smallest absolute Gasteiger partial charge is 0.270 e. The highest BCUT2D eigenvalue weighted by molar-refractivity contribution is 5.98. The van der Waals surface area contributed by atoms with Gasteiger partial charge in [-0.1, -0.05) is 12.1 Å². The molecule has 4 aromatic rings. The lowest BCUT2D eigenvalue weighted by Gasteiger charge is -2.17. The van der Waals surface area contributed by atoms with Crippen LogP contribution < -0.4 is 15.4 Å². The number of ketones is 1. The van der Waals surface area contributed by atoms with Crippen molar-refractivity contribution in [1.29, 1.82) is 0 Å². The van der Waals surface area contributed by atoms with Crippen LogP contribution in [0.15, 0.2) is 48.7 Å². The summed E-state index contributed by atoms with van der Waals surface area (Å²) in [7, 11) is 0. The maximum Gasteiger partial charge on any atom is 0.270 e. The van der Waals surface area contributed by atoms with E-state index in [4.69, 9.17) is 4.74 Å². The molecule has 4 heterocycles. The second-order valence-corrected chi connectivity index (χ2v) is 8.34. The first-order valence-electron chi connectivity index (χ1n) is 11.2. The molecule has 2 amide bonds. The van der Waals surface area contributed by atoms with E-state index in [0.29, 0.717) is 11.4 Å². The number of nitrogens with one attached hydrogen (secondary N) is 2. The predicted octanol–water partition coefficient (Wildman–Crippen LogP) is 1.94. The van der Waals surface area contributed by atoms with Gasteiger partial charge in [0.15, 0.2) is 17.2 Å². The van der Waals surface area contributed by atoms with Crippen LogP contribution in [-0.2, 0) is 24.3 Å². The monoisotopic (exact) mass is 488 g/mol. The molecule has 11 heteroatoms. The van der Waals surface area contributed by atoms with E-state index in [-0.39, 0.29) is 48.9 Å². The highest BCUT2D eigenvalue weighted by atomic mass is 19.1.